The third kappa shape index (κ3) is 5.10. The van der Waals surface area contributed by atoms with Gasteiger partial charge in [0.1, 0.15) is 5.75 Å². The summed E-state index contributed by atoms with van der Waals surface area (Å²) in [7, 11) is 1.62. The third-order valence-corrected chi connectivity index (χ3v) is 7.42. The van der Waals surface area contributed by atoms with Crippen molar-refractivity contribution in [3.8, 4) is 5.75 Å². The molecule has 33 heavy (non-hydrogen) atoms. The number of carbonyl (C=O) groups is 2. The third-order valence-electron chi connectivity index (χ3n) is 4.97. The zero-order valence-electron chi connectivity index (χ0n) is 18.1. The van der Waals surface area contributed by atoms with Crippen LogP contribution in [0.2, 0.25) is 0 Å². The van der Waals surface area contributed by atoms with Crippen molar-refractivity contribution in [2.24, 2.45) is 0 Å². The highest BCUT2D eigenvalue weighted by atomic mass is 32.2. The number of methoxy groups -OCH3 is 1. The number of hydrogen-bond acceptors (Lipinski definition) is 8. The highest BCUT2D eigenvalue weighted by Gasteiger charge is 2.33. The number of thiocarbonyl (C=S) groups is 1. The Morgan fingerprint density at radius 3 is 2.64 bits per heavy atom. The maximum atomic E-state index is 13.0. The molecule has 0 aromatic heterocycles. The van der Waals surface area contributed by atoms with Gasteiger partial charge in [-0.1, -0.05) is 53.9 Å². The number of anilines is 2. The maximum Gasteiger partial charge on any atom is 0.307 e. The van der Waals surface area contributed by atoms with Crippen LogP contribution in [0.4, 0.5) is 11.4 Å². The van der Waals surface area contributed by atoms with Crippen molar-refractivity contribution in [1.82, 2.24) is 0 Å². The molecule has 2 heterocycles. The van der Waals surface area contributed by atoms with Crippen molar-refractivity contribution in [1.29, 1.82) is 0 Å². The standard InChI is InChI=1S/C24H22N2O4S3/c1-3-30-22(27)13-14-25-18-15-17(29-2)9-10-19(18)32-21(25)12-11-20-23(28)26(24(31)33-20)16-7-5-4-6-8-16/h4-12,15H,3,13-14H2,1-2H3. The topological polar surface area (TPSA) is 59.1 Å². The van der Waals surface area contributed by atoms with E-state index < -0.39 is 0 Å². The van der Waals surface area contributed by atoms with Crippen LogP contribution in [-0.2, 0) is 14.3 Å². The number of fused-ring (bicyclic) bond motifs is 1. The Kier molecular flexibility index (Phi) is 7.42. The van der Waals surface area contributed by atoms with E-state index in [0.717, 1.165) is 27.0 Å². The Hall–Kier alpha value is -2.75. The summed E-state index contributed by atoms with van der Waals surface area (Å²) in [5, 5.41) is 0.910. The number of para-hydroxylation sites is 1. The molecule has 2 aliphatic rings. The molecule has 0 saturated carbocycles. The molecule has 0 unspecified atom stereocenters. The van der Waals surface area contributed by atoms with E-state index in [2.05, 4.69) is 0 Å². The quantitative estimate of drug-likeness (QED) is 0.288. The van der Waals surface area contributed by atoms with Crippen LogP contribution in [0.3, 0.4) is 0 Å². The molecule has 4 rings (SSSR count). The fraction of sp³-hybridized carbons (Fsp3) is 0.208. The molecular formula is C24H22N2O4S3. The molecule has 0 N–H and O–H groups in total. The average molecular weight is 499 g/mol. The lowest BCUT2D eigenvalue weighted by atomic mass is 10.2. The van der Waals surface area contributed by atoms with Crippen molar-refractivity contribution in [2.45, 2.75) is 18.2 Å². The number of amides is 1. The second-order valence-electron chi connectivity index (χ2n) is 7.02. The summed E-state index contributed by atoms with van der Waals surface area (Å²) in [6.45, 7) is 2.60. The smallest absolute Gasteiger partial charge is 0.307 e. The second kappa shape index (κ2) is 10.5. The minimum Gasteiger partial charge on any atom is -0.497 e. The number of thioether (sulfide) groups is 2. The van der Waals surface area contributed by atoms with Crippen LogP contribution in [-0.4, -0.2) is 36.5 Å². The van der Waals surface area contributed by atoms with Crippen molar-refractivity contribution >= 4 is 63.3 Å². The van der Waals surface area contributed by atoms with Crippen LogP contribution in [0.1, 0.15) is 13.3 Å². The van der Waals surface area contributed by atoms with Gasteiger partial charge in [-0.2, -0.15) is 0 Å². The summed E-state index contributed by atoms with van der Waals surface area (Å²) < 4.78 is 11.0. The summed E-state index contributed by atoms with van der Waals surface area (Å²) in [5.74, 6) is 0.343. The molecule has 1 saturated heterocycles. The van der Waals surface area contributed by atoms with Crippen LogP contribution in [0.15, 0.2) is 75.5 Å². The highest BCUT2D eigenvalue weighted by Crippen LogP contribution is 2.47. The van der Waals surface area contributed by atoms with Gasteiger partial charge in [-0.3, -0.25) is 14.5 Å². The summed E-state index contributed by atoms with van der Waals surface area (Å²) in [6, 6.07) is 15.2. The van der Waals surface area contributed by atoms with Gasteiger partial charge in [0, 0.05) is 17.5 Å². The lowest BCUT2D eigenvalue weighted by Gasteiger charge is -2.20. The zero-order valence-corrected chi connectivity index (χ0v) is 20.6. The fourth-order valence-corrected chi connectivity index (χ4v) is 5.74. The van der Waals surface area contributed by atoms with Gasteiger partial charge < -0.3 is 14.4 Å². The van der Waals surface area contributed by atoms with Crippen molar-refractivity contribution in [2.75, 3.05) is 30.1 Å². The van der Waals surface area contributed by atoms with E-state index in [1.807, 2.05) is 59.5 Å². The lowest BCUT2D eigenvalue weighted by molar-refractivity contribution is -0.142. The van der Waals surface area contributed by atoms with Crippen molar-refractivity contribution in [3.63, 3.8) is 0 Å². The minimum absolute atomic E-state index is 0.145. The second-order valence-corrected chi connectivity index (χ2v) is 9.76. The van der Waals surface area contributed by atoms with Crippen LogP contribution in [0.5, 0.6) is 5.75 Å². The monoisotopic (exact) mass is 498 g/mol. The van der Waals surface area contributed by atoms with E-state index >= 15 is 0 Å². The largest absolute Gasteiger partial charge is 0.497 e. The minimum atomic E-state index is -0.248. The van der Waals surface area contributed by atoms with E-state index in [0.29, 0.717) is 22.4 Å². The molecule has 170 valence electrons. The number of hydrogen-bond donors (Lipinski definition) is 0. The van der Waals surface area contributed by atoms with E-state index in [1.54, 1.807) is 36.8 Å². The first-order chi connectivity index (χ1) is 16.0. The number of rotatable bonds is 7. The Bertz CT molecular complexity index is 1150. The molecule has 1 amide bonds. The number of carbonyl (C=O) groups excluding carboxylic acids is 2. The predicted octanol–water partition coefficient (Wildman–Crippen LogP) is 5.35. The molecule has 9 heteroatoms. The van der Waals surface area contributed by atoms with Gasteiger partial charge in [-0.05, 0) is 43.3 Å². The van der Waals surface area contributed by atoms with E-state index in [-0.39, 0.29) is 18.3 Å². The molecule has 2 aromatic carbocycles. The van der Waals surface area contributed by atoms with Gasteiger partial charge in [-0.25, -0.2) is 0 Å². The Morgan fingerprint density at radius 1 is 1.12 bits per heavy atom. The van der Waals surface area contributed by atoms with E-state index in [9.17, 15) is 9.59 Å². The number of benzene rings is 2. The summed E-state index contributed by atoms with van der Waals surface area (Å²) in [4.78, 5) is 30.2. The Balaban J connectivity index is 1.60. The van der Waals surface area contributed by atoms with Crippen molar-refractivity contribution < 1.29 is 19.1 Å². The van der Waals surface area contributed by atoms with Gasteiger partial charge in [0.15, 0.2) is 4.32 Å². The Morgan fingerprint density at radius 2 is 1.91 bits per heavy atom. The first-order valence-electron chi connectivity index (χ1n) is 10.3. The average Bonchev–Trinajstić information content (AvgIpc) is 3.31. The fourth-order valence-electron chi connectivity index (χ4n) is 3.43. The van der Waals surface area contributed by atoms with Crippen LogP contribution >= 0.6 is 35.7 Å². The molecule has 6 nitrogen and oxygen atoms in total. The number of nitrogens with zero attached hydrogens (tertiary/aromatic N) is 2. The van der Waals surface area contributed by atoms with Gasteiger partial charge in [0.2, 0.25) is 0 Å². The lowest BCUT2D eigenvalue weighted by Crippen LogP contribution is -2.27. The summed E-state index contributed by atoms with van der Waals surface area (Å²) >= 11 is 8.31. The first kappa shape index (κ1) is 23.4. The molecule has 0 atom stereocenters. The molecule has 0 radical (unpaired) electrons. The predicted molar refractivity (Wildman–Crippen MR) is 138 cm³/mol. The van der Waals surface area contributed by atoms with Crippen LogP contribution in [0.25, 0.3) is 0 Å². The van der Waals surface area contributed by atoms with Crippen molar-refractivity contribution in [3.05, 3.63) is 70.6 Å². The van der Waals surface area contributed by atoms with E-state index in [4.69, 9.17) is 21.7 Å². The van der Waals surface area contributed by atoms with Crippen LogP contribution < -0.4 is 14.5 Å². The normalized spacial score (nSPS) is 17.8. The van der Waals surface area contributed by atoms with Gasteiger partial charge in [0.05, 0.1) is 41.4 Å². The van der Waals surface area contributed by atoms with Gasteiger partial charge in [0.25, 0.3) is 5.91 Å². The number of allylic oxidation sites excluding steroid dienone is 2. The maximum absolute atomic E-state index is 13.0. The molecule has 0 aliphatic carbocycles. The SMILES string of the molecule is CCOC(=O)CCN1C(=CC=C2SC(=S)N(c3ccccc3)C2=O)Sc2ccc(OC)cc21. The summed E-state index contributed by atoms with van der Waals surface area (Å²) in [5.41, 5.74) is 1.71. The van der Waals surface area contributed by atoms with Crippen LogP contribution in [0, 0.1) is 0 Å². The molecule has 2 aromatic rings. The number of ether oxygens (including phenoxy) is 2. The first-order valence-corrected chi connectivity index (χ1v) is 12.4. The molecule has 2 aliphatic heterocycles. The van der Waals surface area contributed by atoms with Gasteiger partial charge in [-0.15, -0.1) is 0 Å². The van der Waals surface area contributed by atoms with Gasteiger partial charge >= 0.3 is 5.97 Å². The highest BCUT2D eigenvalue weighted by molar-refractivity contribution is 8.27. The van der Waals surface area contributed by atoms with E-state index in [1.165, 1.54) is 11.8 Å². The molecule has 0 spiro atoms. The molecule has 1 fully saturated rings. The summed E-state index contributed by atoms with van der Waals surface area (Å²) in [6.07, 6.45) is 3.95. The molecular weight excluding hydrogens is 476 g/mol. The number of esters is 1. The Labute approximate surface area is 206 Å². The zero-order chi connectivity index (χ0) is 23.4. The molecule has 0 bridgehead atoms.